The number of esters is 1. The predicted octanol–water partition coefficient (Wildman–Crippen LogP) is 5.90. The Morgan fingerprint density at radius 1 is 0.825 bits per heavy atom. The average Bonchev–Trinajstić information content (AvgIpc) is 3.14. The summed E-state index contributed by atoms with van der Waals surface area (Å²) in [6, 6.07) is 0.774. The molecule has 0 amide bonds. The molecular formula is C23H16F12N2O3. The van der Waals surface area contributed by atoms with Crippen molar-refractivity contribution in [1.82, 2.24) is 5.32 Å². The molecule has 1 fully saturated rings. The number of cyclic esters (lactones) is 1. The minimum absolute atomic E-state index is 0.0580. The Hall–Kier alpha value is -3.50. The van der Waals surface area contributed by atoms with Crippen LogP contribution >= 0.6 is 0 Å². The molecule has 0 saturated carbocycles. The molecule has 3 rings (SSSR count). The van der Waals surface area contributed by atoms with E-state index in [1.807, 2.05) is 0 Å². The number of carbonyl (C=O) groups is 2. The van der Waals surface area contributed by atoms with Crippen molar-refractivity contribution in [1.29, 1.82) is 0 Å². The molecule has 0 bridgehead atoms. The van der Waals surface area contributed by atoms with Crippen LogP contribution in [0, 0.1) is 0 Å². The van der Waals surface area contributed by atoms with Crippen molar-refractivity contribution in [2.75, 3.05) is 19.0 Å². The summed E-state index contributed by atoms with van der Waals surface area (Å²) in [6.07, 6.45) is -23.7. The lowest BCUT2D eigenvalue weighted by molar-refractivity contribution is -0.369. The minimum atomic E-state index is -6.13. The van der Waals surface area contributed by atoms with Crippen molar-refractivity contribution in [3.8, 4) is 0 Å². The molecule has 40 heavy (non-hydrogen) atoms. The highest BCUT2D eigenvalue weighted by molar-refractivity contribution is 6.09. The third-order valence-electron chi connectivity index (χ3n) is 5.81. The fourth-order valence-electron chi connectivity index (χ4n) is 3.93. The summed E-state index contributed by atoms with van der Waals surface area (Å²) in [4.78, 5) is 26.3. The van der Waals surface area contributed by atoms with E-state index in [0.717, 1.165) is 23.5 Å². The van der Waals surface area contributed by atoms with Crippen molar-refractivity contribution in [2.24, 2.45) is 0 Å². The molecule has 1 saturated heterocycles. The molecule has 1 unspecified atom stereocenters. The monoisotopic (exact) mass is 596 g/mol. The van der Waals surface area contributed by atoms with Gasteiger partial charge in [0.15, 0.2) is 5.78 Å². The number of nitrogens with one attached hydrogen (secondary N) is 1. The summed E-state index contributed by atoms with van der Waals surface area (Å²) < 4.78 is 163. The largest absolute Gasteiger partial charge is 0.452 e. The number of alkyl halides is 12. The Morgan fingerprint density at radius 2 is 1.32 bits per heavy atom. The number of ether oxygens (including phenoxy) is 1. The quantitative estimate of drug-likeness (QED) is 0.265. The van der Waals surface area contributed by atoms with Crippen molar-refractivity contribution < 1.29 is 67.0 Å². The Labute approximate surface area is 216 Å². The first kappa shape index (κ1) is 31.0. The van der Waals surface area contributed by atoms with Gasteiger partial charge in [-0.15, -0.1) is 0 Å². The number of halogens is 12. The van der Waals surface area contributed by atoms with Crippen molar-refractivity contribution >= 4 is 17.4 Å². The summed E-state index contributed by atoms with van der Waals surface area (Å²) in [6.45, 7) is 0. The van der Waals surface area contributed by atoms with E-state index < -0.39 is 76.9 Å². The molecule has 1 atom stereocenters. The van der Waals surface area contributed by atoms with E-state index in [-0.39, 0.29) is 29.4 Å². The lowest BCUT2D eigenvalue weighted by Gasteiger charge is -2.31. The molecule has 1 N–H and O–H groups in total. The van der Waals surface area contributed by atoms with Crippen LogP contribution in [0.1, 0.15) is 32.6 Å². The second kappa shape index (κ2) is 9.85. The second-order valence-electron chi connectivity index (χ2n) is 8.86. The lowest BCUT2D eigenvalue weighted by Crippen LogP contribution is -2.65. The first-order valence-corrected chi connectivity index (χ1v) is 10.8. The summed E-state index contributed by atoms with van der Waals surface area (Å²) in [5.41, 5.74) is -10.4. The smallest absolute Gasteiger partial charge is 0.424 e. The summed E-state index contributed by atoms with van der Waals surface area (Å²) in [5.74, 6) is -3.31. The summed E-state index contributed by atoms with van der Waals surface area (Å²) in [7, 11) is 2.75. The highest BCUT2D eigenvalue weighted by Crippen LogP contribution is 2.47. The van der Waals surface area contributed by atoms with Gasteiger partial charge >= 0.3 is 36.4 Å². The van der Waals surface area contributed by atoms with E-state index in [4.69, 9.17) is 0 Å². The van der Waals surface area contributed by atoms with Gasteiger partial charge in [-0.2, -0.15) is 52.7 Å². The highest BCUT2D eigenvalue weighted by Gasteiger charge is 2.78. The zero-order chi connectivity index (χ0) is 30.6. The maximum atomic E-state index is 13.3. The molecule has 1 aliphatic heterocycles. The van der Waals surface area contributed by atoms with E-state index in [1.54, 1.807) is 0 Å². The van der Waals surface area contributed by atoms with Gasteiger partial charge in [-0.3, -0.25) is 14.9 Å². The molecule has 1 heterocycles. The third-order valence-corrected chi connectivity index (χ3v) is 5.81. The fraction of sp³-hybridized carbons (Fsp3) is 0.391. The molecule has 0 spiro atoms. The van der Waals surface area contributed by atoms with Crippen LogP contribution in [0.3, 0.4) is 0 Å². The predicted molar refractivity (Wildman–Crippen MR) is 112 cm³/mol. The van der Waals surface area contributed by atoms with E-state index in [0.29, 0.717) is 0 Å². The molecule has 2 aromatic rings. The molecule has 5 nitrogen and oxygen atoms in total. The van der Waals surface area contributed by atoms with E-state index in [1.165, 1.54) is 19.0 Å². The van der Waals surface area contributed by atoms with Crippen LogP contribution in [0.25, 0.3) is 0 Å². The minimum Gasteiger partial charge on any atom is -0.424 e. The van der Waals surface area contributed by atoms with Gasteiger partial charge in [0, 0.05) is 37.3 Å². The van der Waals surface area contributed by atoms with Gasteiger partial charge < -0.3 is 9.64 Å². The van der Waals surface area contributed by atoms with Gasteiger partial charge in [-0.1, -0.05) is 0 Å². The number of carbonyl (C=O) groups excluding carboxylic acids is 2. The van der Waals surface area contributed by atoms with Crippen LogP contribution in [0.2, 0.25) is 0 Å². The normalized spacial score (nSPS) is 18.1. The van der Waals surface area contributed by atoms with Crippen molar-refractivity contribution in [3.63, 3.8) is 0 Å². The first-order valence-electron chi connectivity index (χ1n) is 10.8. The number of hydrogen-bond donors (Lipinski definition) is 1. The van der Waals surface area contributed by atoms with E-state index in [9.17, 15) is 62.3 Å². The van der Waals surface area contributed by atoms with Crippen LogP contribution in [0.4, 0.5) is 58.4 Å². The topological polar surface area (TPSA) is 58.6 Å². The van der Waals surface area contributed by atoms with Gasteiger partial charge in [-0.05, 0) is 42.0 Å². The number of anilines is 1. The van der Waals surface area contributed by atoms with E-state index in [2.05, 4.69) is 4.74 Å². The number of rotatable bonds is 5. The number of benzene rings is 2. The lowest BCUT2D eigenvalue weighted by atomic mass is 9.94. The fourth-order valence-corrected chi connectivity index (χ4v) is 3.93. The maximum Gasteiger partial charge on any atom is 0.452 e. The highest BCUT2D eigenvalue weighted by atomic mass is 19.4. The standard InChI is InChI=1S/C23H16F12N2O3/c1-37(2)16-4-3-10(17(38)12-6-13(19(24,25)26)9-14(7-12)20(27,28)29)5-11(16)8-15-18(39)40-21(36-15,22(30,31)32)23(33,34)35/h3-7,9,15,36H,8H2,1-2H3. The Morgan fingerprint density at radius 3 is 1.73 bits per heavy atom. The van der Waals surface area contributed by atoms with Gasteiger partial charge in [0.1, 0.15) is 6.04 Å². The zero-order valence-electron chi connectivity index (χ0n) is 20.0. The molecule has 220 valence electrons. The van der Waals surface area contributed by atoms with Gasteiger partial charge in [-0.25, -0.2) is 0 Å². The Kier molecular flexibility index (Phi) is 7.64. The Bertz CT molecular complexity index is 1260. The van der Waals surface area contributed by atoms with Crippen LogP contribution in [0.15, 0.2) is 36.4 Å². The van der Waals surface area contributed by atoms with Gasteiger partial charge in [0.25, 0.3) is 0 Å². The zero-order valence-corrected chi connectivity index (χ0v) is 20.0. The van der Waals surface area contributed by atoms with Crippen molar-refractivity contribution in [2.45, 2.75) is 42.9 Å². The van der Waals surface area contributed by atoms with Crippen LogP contribution in [-0.4, -0.2) is 50.0 Å². The molecule has 17 heteroatoms. The average molecular weight is 596 g/mol. The summed E-state index contributed by atoms with van der Waals surface area (Å²) in [5, 5.41) is 1.10. The molecule has 2 aromatic carbocycles. The van der Waals surface area contributed by atoms with Crippen LogP contribution in [-0.2, 0) is 28.3 Å². The molecular weight excluding hydrogens is 580 g/mol. The van der Waals surface area contributed by atoms with Gasteiger partial charge in [0.2, 0.25) is 0 Å². The molecule has 0 aromatic heterocycles. The van der Waals surface area contributed by atoms with Crippen molar-refractivity contribution in [3.05, 3.63) is 64.2 Å². The summed E-state index contributed by atoms with van der Waals surface area (Å²) >= 11 is 0. The molecule has 0 aliphatic carbocycles. The number of hydrogen-bond acceptors (Lipinski definition) is 5. The SMILES string of the molecule is CN(C)c1ccc(C(=O)c2cc(C(F)(F)F)cc(C(F)(F)F)c2)cc1CC1NC(C(F)(F)F)(C(F)(F)F)OC1=O. The third kappa shape index (κ3) is 5.83. The van der Waals surface area contributed by atoms with Crippen LogP contribution < -0.4 is 10.2 Å². The maximum absolute atomic E-state index is 13.3. The number of ketones is 1. The van der Waals surface area contributed by atoms with E-state index >= 15 is 0 Å². The van der Waals surface area contributed by atoms with Gasteiger partial charge in [0.05, 0.1) is 11.1 Å². The Balaban J connectivity index is 2.07. The van der Waals surface area contributed by atoms with Crippen LogP contribution in [0.5, 0.6) is 0 Å². The number of nitrogens with zero attached hydrogens (tertiary/aromatic N) is 1. The molecule has 1 aliphatic rings. The molecule has 0 radical (unpaired) electrons. The first-order chi connectivity index (χ1) is 18.0. The second-order valence-corrected chi connectivity index (χ2v) is 8.86.